The van der Waals surface area contributed by atoms with Gasteiger partial charge in [0.2, 0.25) is 0 Å². The lowest BCUT2D eigenvalue weighted by atomic mass is 9.74. The zero-order valence-electron chi connectivity index (χ0n) is 8.31. The van der Waals surface area contributed by atoms with E-state index >= 15 is 0 Å². The molecule has 0 fully saturated rings. The predicted molar refractivity (Wildman–Crippen MR) is 69.2 cm³/mol. The molecule has 0 heterocycles. The van der Waals surface area contributed by atoms with Crippen molar-refractivity contribution in [2.75, 3.05) is 0 Å². The Morgan fingerprint density at radius 3 is 2.53 bits per heavy atom. The van der Waals surface area contributed by atoms with E-state index in [2.05, 4.69) is 12.6 Å². The Morgan fingerprint density at radius 1 is 1.20 bits per heavy atom. The van der Waals surface area contributed by atoms with E-state index in [1.165, 1.54) is 0 Å². The third-order valence-electron chi connectivity index (χ3n) is 2.51. The second-order valence-electron chi connectivity index (χ2n) is 3.55. The van der Waals surface area contributed by atoms with Crippen LogP contribution in [0.5, 0.6) is 0 Å². The zero-order valence-corrected chi connectivity index (χ0v) is 9.20. The summed E-state index contributed by atoms with van der Waals surface area (Å²) in [6, 6.07) is 9.60. The van der Waals surface area contributed by atoms with Gasteiger partial charge in [-0.15, -0.1) is 12.6 Å². The Hall–Kier alpha value is -0.900. The van der Waals surface area contributed by atoms with Gasteiger partial charge in [0, 0.05) is 5.46 Å². The van der Waals surface area contributed by atoms with Gasteiger partial charge in [0.1, 0.15) is 7.85 Å². The normalized spacial score (nSPS) is 10.6. The van der Waals surface area contributed by atoms with Gasteiger partial charge in [-0.05, 0) is 15.7 Å². The molecule has 0 radical (unpaired) electrons. The minimum atomic E-state index is -1.48. The minimum Gasteiger partial charge on any atom is -0.423 e. The summed E-state index contributed by atoms with van der Waals surface area (Å²) in [6.45, 7) is 0. The Morgan fingerprint density at radius 2 is 1.87 bits per heavy atom. The van der Waals surface area contributed by atoms with E-state index in [0.29, 0.717) is 10.4 Å². The number of thiol groups is 1. The molecule has 2 rings (SSSR count). The molecule has 0 spiro atoms. The summed E-state index contributed by atoms with van der Waals surface area (Å²) in [5.74, 6) is 0. The van der Waals surface area contributed by atoms with Crippen molar-refractivity contribution in [2.24, 2.45) is 0 Å². The van der Waals surface area contributed by atoms with Crippen LogP contribution in [0.25, 0.3) is 10.8 Å². The highest BCUT2D eigenvalue weighted by Gasteiger charge is 2.19. The lowest BCUT2D eigenvalue weighted by Gasteiger charge is -2.11. The number of rotatable bonds is 1. The summed E-state index contributed by atoms with van der Waals surface area (Å²) in [4.78, 5) is 0.642. The van der Waals surface area contributed by atoms with Crippen LogP contribution in [0.4, 0.5) is 0 Å². The molecule has 0 unspecified atom stereocenters. The fourth-order valence-corrected chi connectivity index (χ4v) is 2.07. The van der Waals surface area contributed by atoms with Crippen LogP contribution >= 0.6 is 12.6 Å². The van der Waals surface area contributed by atoms with Crippen molar-refractivity contribution < 1.29 is 10.0 Å². The topological polar surface area (TPSA) is 40.5 Å². The Bertz CT molecular complexity index is 514. The molecule has 0 aliphatic rings. The number of hydrogen-bond donors (Lipinski definition) is 3. The maximum atomic E-state index is 9.33. The van der Waals surface area contributed by atoms with Crippen molar-refractivity contribution in [3.63, 3.8) is 0 Å². The number of fused-ring (bicyclic) bond motifs is 1. The molecule has 2 N–H and O–H groups in total. The summed E-state index contributed by atoms with van der Waals surface area (Å²) in [5.41, 5.74) is 1.43. The third kappa shape index (κ3) is 1.78. The van der Waals surface area contributed by atoms with Crippen LogP contribution in [0.1, 0.15) is 0 Å². The molecule has 0 atom stereocenters. The maximum absolute atomic E-state index is 9.33. The molecular formula is C10H10B2O2S. The molecule has 5 heteroatoms. The minimum absolute atomic E-state index is 0.480. The van der Waals surface area contributed by atoms with Gasteiger partial charge in [-0.25, -0.2) is 0 Å². The quantitative estimate of drug-likeness (QED) is 0.425. The van der Waals surface area contributed by atoms with E-state index in [0.717, 1.165) is 16.2 Å². The molecule has 15 heavy (non-hydrogen) atoms. The van der Waals surface area contributed by atoms with Gasteiger partial charge in [0.25, 0.3) is 0 Å². The van der Waals surface area contributed by atoms with E-state index in [-0.39, 0.29) is 0 Å². The first-order valence-electron chi connectivity index (χ1n) is 4.68. The van der Waals surface area contributed by atoms with E-state index in [1.54, 1.807) is 0 Å². The first-order chi connectivity index (χ1) is 7.11. The van der Waals surface area contributed by atoms with Crippen molar-refractivity contribution in [1.82, 2.24) is 0 Å². The van der Waals surface area contributed by atoms with Crippen molar-refractivity contribution in [2.45, 2.75) is 4.90 Å². The fraction of sp³-hybridized carbons (Fsp3) is 0. The van der Waals surface area contributed by atoms with Crippen molar-refractivity contribution in [3.05, 3.63) is 30.3 Å². The molecule has 0 saturated carbocycles. The highest BCUT2D eigenvalue weighted by molar-refractivity contribution is 7.80. The first-order valence-corrected chi connectivity index (χ1v) is 5.13. The molecule has 0 aliphatic heterocycles. The molecular weight excluding hydrogens is 206 g/mol. The molecule has 2 aromatic rings. The number of hydrogen-bond acceptors (Lipinski definition) is 3. The molecule has 2 aromatic carbocycles. The number of benzene rings is 2. The molecule has 0 bridgehead atoms. The molecule has 0 amide bonds. The summed E-state index contributed by atoms with van der Waals surface area (Å²) in [5, 5.41) is 20.5. The predicted octanol–water partition coefficient (Wildman–Crippen LogP) is -0.933. The molecule has 0 saturated heterocycles. The van der Waals surface area contributed by atoms with Crippen LogP contribution in [0.15, 0.2) is 35.2 Å². The van der Waals surface area contributed by atoms with Crippen LogP contribution in [0.3, 0.4) is 0 Å². The van der Waals surface area contributed by atoms with Gasteiger partial charge < -0.3 is 10.0 Å². The second kappa shape index (κ2) is 3.93. The van der Waals surface area contributed by atoms with Crippen molar-refractivity contribution in [3.8, 4) is 0 Å². The highest BCUT2D eigenvalue weighted by Crippen LogP contribution is 2.14. The van der Waals surface area contributed by atoms with Gasteiger partial charge in [0.15, 0.2) is 0 Å². The average Bonchev–Trinajstić information content (AvgIpc) is 2.19. The average molecular weight is 216 g/mol. The van der Waals surface area contributed by atoms with Crippen molar-refractivity contribution >= 4 is 49.3 Å². The molecule has 2 nitrogen and oxygen atoms in total. The van der Waals surface area contributed by atoms with Gasteiger partial charge in [-0.3, -0.25) is 0 Å². The van der Waals surface area contributed by atoms with Gasteiger partial charge in [-0.1, -0.05) is 35.8 Å². The van der Waals surface area contributed by atoms with Crippen LogP contribution < -0.4 is 10.9 Å². The molecule has 0 aromatic heterocycles. The van der Waals surface area contributed by atoms with Crippen LogP contribution in [0.2, 0.25) is 0 Å². The van der Waals surface area contributed by atoms with E-state index < -0.39 is 7.12 Å². The standard InChI is InChI=1S/C10H10B2O2S/c11-8-5-6-3-1-2-4-7(6)9(10(8)15)12(13)14/h1-5,13-15H,11H2. The fourth-order valence-electron chi connectivity index (χ4n) is 1.77. The third-order valence-corrected chi connectivity index (χ3v) is 3.10. The largest absolute Gasteiger partial charge is 0.490 e. The summed E-state index contributed by atoms with van der Waals surface area (Å²) in [7, 11) is 0.419. The van der Waals surface area contributed by atoms with Gasteiger partial charge in [0.05, 0.1) is 0 Å². The summed E-state index contributed by atoms with van der Waals surface area (Å²) in [6.07, 6.45) is 0. The van der Waals surface area contributed by atoms with Crippen LogP contribution in [-0.4, -0.2) is 25.0 Å². The molecule has 74 valence electrons. The lowest BCUT2D eigenvalue weighted by Crippen LogP contribution is -2.35. The maximum Gasteiger partial charge on any atom is 0.490 e. The van der Waals surface area contributed by atoms with Gasteiger partial charge in [-0.2, -0.15) is 0 Å². The SMILES string of the molecule is Bc1cc2ccccc2c(B(O)O)c1S. The molecule has 0 aliphatic carbocycles. The smallest absolute Gasteiger partial charge is 0.423 e. The van der Waals surface area contributed by atoms with Gasteiger partial charge >= 0.3 is 7.12 Å². The summed E-state index contributed by atoms with van der Waals surface area (Å²) < 4.78 is 0. The highest BCUT2D eigenvalue weighted by atomic mass is 32.1. The van der Waals surface area contributed by atoms with E-state index in [4.69, 9.17) is 0 Å². The van der Waals surface area contributed by atoms with Crippen molar-refractivity contribution in [1.29, 1.82) is 0 Å². The van der Waals surface area contributed by atoms with E-state index in [9.17, 15) is 10.0 Å². The summed E-state index contributed by atoms with van der Waals surface area (Å²) >= 11 is 4.31. The Labute approximate surface area is 94.9 Å². The second-order valence-corrected chi connectivity index (χ2v) is 4.00. The first kappa shape index (κ1) is 10.6. The monoisotopic (exact) mass is 216 g/mol. The van der Waals surface area contributed by atoms with E-state index in [1.807, 2.05) is 38.2 Å². The van der Waals surface area contributed by atoms with Crippen LogP contribution in [0, 0.1) is 0 Å². The zero-order chi connectivity index (χ0) is 11.0. The lowest BCUT2D eigenvalue weighted by molar-refractivity contribution is 0.425. The van der Waals surface area contributed by atoms with Crippen LogP contribution in [-0.2, 0) is 0 Å². The Balaban J connectivity index is 2.89. The Kier molecular flexibility index (Phi) is 2.78.